The van der Waals surface area contributed by atoms with Crippen LogP contribution < -0.4 is 5.32 Å². The van der Waals surface area contributed by atoms with E-state index < -0.39 is 12.0 Å². The van der Waals surface area contributed by atoms with Crippen molar-refractivity contribution in [2.24, 2.45) is 0 Å². The molecule has 2 aromatic rings. The average Bonchev–Trinajstić information content (AvgIpc) is 2.55. The van der Waals surface area contributed by atoms with Crippen molar-refractivity contribution in [2.75, 3.05) is 7.11 Å². The predicted molar refractivity (Wildman–Crippen MR) is 82.0 cm³/mol. The molecule has 0 radical (unpaired) electrons. The Morgan fingerprint density at radius 2 is 1.77 bits per heavy atom. The maximum absolute atomic E-state index is 12.1. The minimum Gasteiger partial charge on any atom is -0.467 e. The molecule has 1 aromatic heterocycles. The summed E-state index contributed by atoms with van der Waals surface area (Å²) < 4.78 is 4.77. The van der Waals surface area contributed by atoms with Gasteiger partial charge in [-0.1, -0.05) is 30.3 Å². The highest BCUT2D eigenvalue weighted by Crippen LogP contribution is 2.05. The molecular formula is C17H18N2O3. The Hall–Kier alpha value is -2.69. The monoisotopic (exact) mass is 298 g/mol. The summed E-state index contributed by atoms with van der Waals surface area (Å²) >= 11 is 0. The van der Waals surface area contributed by atoms with Gasteiger partial charge in [-0.05, 0) is 23.3 Å². The highest BCUT2D eigenvalue weighted by Gasteiger charge is 2.21. The van der Waals surface area contributed by atoms with Crippen LogP contribution in [0.3, 0.4) is 0 Å². The zero-order valence-corrected chi connectivity index (χ0v) is 12.4. The second-order valence-electron chi connectivity index (χ2n) is 4.87. The number of benzene rings is 1. The highest BCUT2D eigenvalue weighted by atomic mass is 16.5. The van der Waals surface area contributed by atoms with Crippen LogP contribution in [0.15, 0.2) is 54.9 Å². The first-order valence-electron chi connectivity index (χ1n) is 6.99. The van der Waals surface area contributed by atoms with Crippen molar-refractivity contribution in [3.63, 3.8) is 0 Å². The summed E-state index contributed by atoms with van der Waals surface area (Å²) in [5.41, 5.74) is 1.80. The van der Waals surface area contributed by atoms with E-state index in [1.807, 2.05) is 30.3 Å². The average molecular weight is 298 g/mol. The Labute approximate surface area is 129 Å². The largest absolute Gasteiger partial charge is 0.467 e. The minimum absolute atomic E-state index is 0.199. The number of methoxy groups -OCH3 is 1. The molecule has 0 aliphatic carbocycles. The van der Waals surface area contributed by atoms with E-state index in [2.05, 4.69) is 10.3 Å². The van der Waals surface area contributed by atoms with E-state index >= 15 is 0 Å². The van der Waals surface area contributed by atoms with E-state index in [0.717, 1.165) is 11.1 Å². The van der Waals surface area contributed by atoms with Gasteiger partial charge in [-0.15, -0.1) is 0 Å². The van der Waals surface area contributed by atoms with E-state index in [1.54, 1.807) is 24.5 Å². The van der Waals surface area contributed by atoms with Gasteiger partial charge in [0.1, 0.15) is 6.04 Å². The molecule has 0 aliphatic rings. The number of ether oxygens (including phenoxy) is 1. The Kier molecular flexibility index (Phi) is 5.65. The quantitative estimate of drug-likeness (QED) is 0.821. The smallest absolute Gasteiger partial charge is 0.328 e. The Morgan fingerprint density at radius 1 is 1.09 bits per heavy atom. The second-order valence-corrected chi connectivity index (χ2v) is 4.87. The third-order valence-electron chi connectivity index (χ3n) is 3.22. The Morgan fingerprint density at radius 3 is 2.41 bits per heavy atom. The van der Waals surface area contributed by atoms with Crippen LogP contribution in [0.1, 0.15) is 11.1 Å². The van der Waals surface area contributed by atoms with Crippen LogP contribution >= 0.6 is 0 Å². The van der Waals surface area contributed by atoms with E-state index in [0.29, 0.717) is 6.42 Å². The molecule has 1 N–H and O–H groups in total. The fraction of sp³-hybridized carbons (Fsp3) is 0.235. The third-order valence-corrected chi connectivity index (χ3v) is 3.22. The SMILES string of the molecule is COC(=O)C(Cc1ccccc1)NC(=O)Cc1ccncc1. The maximum Gasteiger partial charge on any atom is 0.328 e. The van der Waals surface area contributed by atoms with Gasteiger partial charge in [0.15, 0.2) is 0 Å². The van der Waals surface area contributed by atoms with E-state index in [9.17, 15) is 9.59 Å². The lowest BCUT2D eigenvalue weighted by Gasteiger charge is -2.16. The lowest BCUT2D eigenvalue weighted by molar-refractivity contribution is -0.145. The topological polar surface area (TPSA) is 68.3 Å². The second kappa shape index (κ2) is 7.93. The van der Waals surface area contributed by atoms with Crippen molar-refractivity contribution in [3.8, 4) is 0 Å². The third kappa shape index (κ3) is 4.70. The first-order valence-corrected chi connectivity index (χ1v) is 6.99. The number of carbonyl (C=O) groups is 2. The normalized spacial score (nSPS) is 11.5. The molecule has 1 heterocycles. The van der Waals surface area contributed by atoms with Crippen LogP contribution in [0.4, 0.5) is 0 Å². The highest BCUT2D eigenvalue weighted by molar-refractivity contribution is 5.85. The number of aromatic nitrogens is 1. The molecule has 0 saturated carbocycles. The van der Waals surface area contributed by atoms with Gasteiger partial charge >= 0.3 is 5.97 Å². The molecule has 1 amide bonds. The summed E-state index contributed by atoms with van der Waals surface area (Å²) in [6, 6.07) is 12.3. The summed E-state index contributed by atoms with van der Waals surface area (Å²) in [5, 5.41) is 2.73. The fourth-order valence-electron chi connectivity index (χ4n) is 2.12. The number of rotatable bonds is 6. The van der Waals surface area contributed by atoms with Gasteiger partial charge in [0, 0.05) is 18.8 Å². The number of amides is 1. The van der Waals surface area contributed by atoms with Gasteiger partial charge in [0.05, 0.1) is 13.5 Å². The van der Waals surface area contributed by atoms with Crippen molar-refractivity contribution >= 4 is 11.9 Å². The Balaban J connectivity index is 2.00. The van der Waals surface area contributed by atoms with Gasteiger partial charge in [-0.25, -0.2) is 4.79 Å². The number of nitrogens with zero attached hydrogens (tertiary/aromatic N) is 1. The van der Waals surface area contributed by atoms with Gasteiger partial charge in [-0.2, -0.15) is 0 Å². The molecule has 0 saturated heterocycles. The fourth-order valence-corrected chi connectivity index (χ4v) is 2.12. The van der Waals surface area contributed by atoms with Crippen LogP contribution in [0.5, 0.6) is 0 Å². The van der Waals surface area contributed by atoms with E-state index in [-0.39, 0.29) is 12.3 Å². The zero-order valence-electron chi connectivity index (χ0n) is 12.4. The van der Waals surface area contributed by atoms with E-state index in [1.165, 1.54) is 7.11 Å². The molecule has 5 heteroatoms. The standard InChI is InChI=1S/C17H18N2O3/c1-22-17(21)15(11-13-5-3-2-4-6-13)19-16(20)12-14-7-9-18-10-8-14/h2-10,15H,11-12H2,1H3,(H,19,20). The number of pyridine rings is 1. The number of carbonyl (C=O) groups excluding carboxylic acids is 2. The first kappa shape index (κ1) is 15.7. The molecule has 22 heavy (non-hydrogen) atoms. The summed E-state index contributed by atoms with van der Waals surface area (Å²) in [6.07, 6.45) is 3.86. The van der Waals surface area contributed by atoms with Crippen LogP contribution in [-0.2, 0) is 27.2 Å². The molecule has 1 atom stereocenters. The molecule has 0 aliphatic heterocycles. The van der Waals surface area contributed by atoms with Crippen molar-refractivity contribution in [2.45, 2.75) is 18.9 Å². The Bertz CT molecular complexity index is 614. The number of hydrogen-bond donors (Lipinski definition) is 1. The number of nitrogens with one attached hydrogen (secondary N) is 1. The molecule has 114 valence electrons. The molecule has 1 unspecified atom stereocenters. The summed E-state index contributed by atoms with van der Waals surface area (Å²) in [6.45, 7) is 0. The molecule has 0 bridgehead atoms. The van der Waals surface area contributed by atoms with Crippen molar-refractivity contribution in [1.82, 2.24) is 10.3 Å². The van der Waals surface area contributed by atoms with Crippen LogP contribution in [0.2, 0.25) is 0 Å². The van der Waals surface area contributed by atoms with Crippen LogP contribution in [0, 0.1) is 0 Å². The molecule has 0 fully saturated rings. The summed E-state index contributed by atoms with van der Waals surface area (Å²) in [5.74, 6) is -0.676. The zero-order chi connectivity index (χ0) is 15.8. The molecule has 0 spiro atoms. The van der Waals surface area contributed by atoms with Gasteiger partial charge in [0.25, 0.3) is 0 Å². The van der Waals surface area contributed by atoms with Crippen molar-refractivity contribution < 1.29 is 14.3 Å². The molecule has 5 nitrogen and oxygen atoms in total. The minimum atomic E-state index is -0.693. The van der Waals surface area contributed by atoms with Crippen LogP contribution in [-0.4, -0.2) is 30.0 Å². The lowest BCUT2D eigenvalue weighted by Crippen LogP contribution is -2.43. The lowest BCUT2D eigenvalue weighted by atomic mass is 10.1. The summed E-state index contributed by atoms with van der Waals surface area (Å²) in [7, 11) is 1.31. The van der Waals surface area contributed by atoms with Crippen molar-refractivity contribution in [3.05, 3.63) is 66.0 Å². The van der Waals surface area contributed by atoms with Gasteiger partial charge in [0.2, 0.25) is 5.91 Å². The first-order chi connectivity index (χ1) is 10.7. The van der Waals surface area contributed by atoms with Gasteiger partial charge < -0.3 is 10.1 Å². The molecule has 1 aromatic carbocycles. The predicted octanol–water partition coefficient (Wildman–Crippen LogP) is 1.52. The van der Waals surface area contributed by atoms with Crippen LogP contribution in [0.25, 0.3) is 0 Å². The van der Waals surface area contributed by atoms with Crippen molar-refractivity contribution in [1.29, 1.82) is 0 Å². The van der Waals surface area contributed by atoms with E-state index in [4.69, 9.17) is 4.74 Å². The molecule has 2 rings (SSSR count). The summed E-state index contributed by atoms with van der Waals surface area (Å²) in [4.78, 5) is 27.9. The maximum atomic E-state index is 12.1. The van der Waals surface area contributed by atoms with Gasteiger partial charge in [-0.3, -0.25) is 9.78 Å². The number of hydrogen-bond acceptors (Lipinski definition) is 4. The molecular weight excluding hydrogens is 280 g/mol. The number of esters is 1.